The van der Waals surface area contributed by atoms with Crippen molar-refractivity contribution in [2.45, 2.75) is 6.42 Å². The summed E-state index contributed by atoms with van der Waals surface area (Å²) in [5, 5.41) is 16.5. The van der Waals surface area contributed by atoms with Gasteiger partial charge < -0.3 is 15.4 Å². The van der Waals surface area contributed by atoms with Crippen LogP contribution in [0, 0.1) is 10.1 Å². The lowest BCUT2D eigenvalue weighted by molar-refractivity contribution is -0.384. The van der Waals surface area contributed by atoms with Crippen molar-refractivity contribution in [2.24, 2.45) is 0 Å². The second-order valence-electron chi connectivity index (χ2n) is 4.63. The zero-order valence-electron chi connectivity index (χ0n) is 11.9. The number of nitro benzene ring substituents is 1. The van der Waals surface area contributed by atoms with Crippen molar-refractivity contribution in [3.63, 3.8) is 0 Å². The molecule has 2 rings (SSSR count). The third-order valence-corrected chi connectivity index (χ3v) is 3.09. The topological polar surface area (TPSA) is 93.5 Å². The number of carbonyl (C=O) groups is 1. The summed E-state index contributed by atoms with van der Waals surface area (Å²) >= 11 is 0. The summed E-state index contributed by atoms with van der Waals surface area (Å²) in [7, 11) is 0. The average Bonchev–Trinajstić information content (AvgIpc) is 2.52. The Morgan fingerprint density at radius 1 is 1.36 bits per heavy atom. The monoisotopic (exact) mass is 327 g/mol. The van der Waals surface area contributed by atoms with Crippen molar-refractivity contribution in [3.05, 3.63) is 46.0 Å². The van der Waals surface area contributed by atoms with Crippen LogP contribution < -0.4 is 15.4 Å². The SMILES string of the molecule is Cl.O=C(COc1ccc([N+](=O)[O-])cc1)NCC1=CCNCC1. The Hall–Kier alpha value is -2.12. The number of benzene rings is 1. The zero-order valence-corrected chi connectivity index (χ0v) is 12.7. The summed E-state index contributed by atoms with van der Waals surface area (Å²) in [5.41, 5.74) is 1.20. The van der Waals surface area contributed by atoms with Gasteiger partial charge in [0.2, 0.25) is 0 Å². The van der Waals surface area contributed by atoms with E-state index in [-0.39, 0.29) is 30.6 Å². The number of ether oxygens (including phenoxy) is 1. The number of hydrogen-bond donors (Lipinski definition) is 2. The molecule has 1 heterocycles. The Morgan fingerprint density at radius 3 is 2.68 bits per heavy atom. The number of halogens is 1. The first-order valence-corrected chi connectivity index (χ1v) is 6.68. The van der Waals surface area contributed by atoms with Crippen LogP contribution in [-0.2, 0) is 4.79 Å². The number of nitrogens with zero attached hydrogens (tertiary/aromatic N) is 1. The molecule has 2 N–H and O–H groups in total. The molecule has 0 atom stereocenters. The van der Waals surface area contributed by atoms with Crippen LogP contribution in [0.5, 0.6) is 5.75 Å². The smallest absolute Gasteiger partial charge is 0.269 e. The molecular formula is C14H18ClN3O4. The molecule has 0 radical (unpaired) electrons. The molecule has 0 aromatic heterocycles. The molecule has 0 aliphatic carbocycles. The standard InChI is InChI=1S/C14H17N3O4.ClH/c18-14(16-9-11-5-7-15-8-6-11)10-21-13-3-1-12(2-4-13)17(19)20;/h1-5,15H,6-10H2,(H,16,18);1H. The van der Waals surface area contributed by atoms with Crippen LogP contribution in [0.3, 0.4) is 0 Å². The van der Waals surface area contributed by atoms with Crippen molar-refractivity contribution in [3.8, 4) is 5.75 Å². The molecule has 1 aliphatic heterocycles. The van der Waals surface area contributed by atoms with Crippen LogP contribution in [0.1, 0.15) is 6.42 Å². The second kappa shape index (κ2) is 9.01. The van der Waals surface area contributed by atoms with Crippen molar-refractivity contribution < 1.29 is 14.5 Å². The summed E-state index contributed by atoms with van der Waals surface area (Å²) in [6.45, 7) is 2.19. The Morgan fingerprint density at radius 2 is 2.09 bits per heavy atom. The number of non-ortho nitro benzene ring substituents is 1. The molecule has 0 spiro atoms. The highest BCUT2D eigenvalue weighted by atomic mass is 35.5. The van der Waals surface area contributed by atoms with E-state index in [0.29, 0.717) is 12.3 Å². The first kappa shape index (κ1) is 17.9. The minimum atomic E-state index is -0.483. The predicted octanol–water partition coefficient (Wildman–Crippen LogP) is 1.43. The molecule has 0 unspecified atom stereocenters. The van der Waals surface area contributed by atoms with Crippen molar-refractivity contribution in [2.75, 3.05) is 26.2 Å². The molecule has 1 aliphatic rings. The molecule has 0 saturated carbocycles. The summed E-state index contributed by atoms with van der Waals surface area (Å²) in [6.07, 6.45) is 3.00. The van der Waals surface area contributed by atoms with E-state index in [4.69, 9.17) is 4.74 Å². The third-order valence-electron chi connectivity index (χ3n) is 3.09. The quantitative estimate of drug-likeness (QED) is 0.468. The highest BCUT2D eigenvalue weighted by Gasteiger charge is 2.08. The van der Waals surface area contributed by atoms with Crippen LogP contribution in [0.15, 0.2) is 35.9 Å². The van der Waals surface area contributed by atoms with Gasteiger partial charge in [0.15, 0.2) is 6.61 Å². The molecule has 0 fully saturated rings. The van der Waals surface area contributed by atoms with Crippen molar-refractivity contribution >= 4 is 24.0 Å². The Kier molecular flexibility index (Phi) is 7.34. The minimum Gasteiger partial charge on any atom is -0.484 e. The van der Waals surface area contributed by atoms with E-state index < -0.39 is 4.92 Å². The maximum absolute atomic E-state index is 11.6. The predicted molar refractivity (Wildman–Crippen MR) is 84.4 cm³/mol. The lowest BCUT2D eigenvalue weighted by atomic mass is 10.1. The fourth-order valence-electron chi connectivity index (χ4n) is 1.91. The highest BCUT2D eigenvalue weighted by molar-refractivity contribution is 5.85. The molecule has 1 amide bonds. The normalized spacial score (nSPS) is 13.5. The summed E-state index contributed by atoms with van der Waals surface area (Å²) in [6, 6.07) is 5.63. The number of rotatable bonds is 6. The molecule has 1 aromatic carbocycles. The maximum Gasteiger partial charge on any atom is 0.269 e. The molecule has 1 aromatic rings. The molecule has 8 heteroatoms. The summed E-state index contributed by atoms with van der Waals surface area (Å²) in [5.74, 6) is 0.213. The summed E-state index contributed by atoms with van der Waals surface area (Å²) in [4.78, 5) is 21.7. The largest absolute Gasteiger partial charge is 0.484 e. The Labute approximate surface area is 134 Å². The third kappa shape index (κ3) is 5.71. The molecule has 120 valence electrons. The van der Waals surface area contributed by atoms with Gasteiger partial charge in [-0.05, 0) is 25.1 Å². The minimum absolute atomic E-state index is 0. The van der Waals surface area contributed by atoms with Crippen molar-refractivity contribution in [1.82, 2.24) is 10.6 Å². The number of nitro groups is 1. The van der Waals surface area contributed by atoms with Gasteiger partial charge in [0.25, 0.3) is 11.6 Å². The van der Waals surface area contributed by atoms with Gasteiger partial charge in [-0.1, -0.05) is 11.6 Å². The molecule has 22 heavy (non-hydrogen) atoms. The number of nitrogens with one attached hydrogen (secondary N) is 2. The van der Waals surface area contributed by atoms with Gasteiger partial charge in [-0.2, -0.15) is 0 Å². The Bertz CT molecular complexity index is 546. The van der Waals surface area contributed by atoms with Crippen LogP contribution in [0.25, 0.3) is 0 Å². The zero-order chi connectivity index (χ0) is 15.1. The van der Waals surface area contributed by atoms with Gasteiger partial charge in [0.05, 0.1) is 4.92 Å². The second-order valence-corrected chi connectivity index (χ2v) is 4.63. The number of carbonyl (C=O) groups excluding carboxylic acids is 1. The van der Waals surface area contributed by atoms with E-state index in [1.54, 1.807) is 0 Å². The molecular weight excluding hydrogens is 310 g/mol. The Balaban J connectivity index is 0.00000242. The number of hydrogen-bond acceptors (Lipinski definition) is 5. The first-order chi connectivity index (χ1) is 10.1. The fraction of sp³-hybridized carbons (Fsp3) is 0.357. The first-order valence-electron chi connectivity index (χ1n) is 6.68. The van der Waals surface area contributed by atoms with Crippen molar-refractivity contribution in [1.29, 1.82) is 0 Å². The maximum atomic E-state index is 11.6. The average molecular weight is 328 g/mol. The molecule has 7 nitrogen and oxygen atoms in total. The van der Waals surface area contributed by atoms with Crippen LogP contribution in [0.2, 0.25) is 0 Å². The van der Waals surface area contributed by atoms with Gasteiger partial charge in [-0.3, -0.25) is 14.9 Å². The van der Waals surface area contributed by atoms with Gasteiger partial charge in [0.1, 0.15) is 5.75 Å². The van der Waals surface area contributed by atoms with Gasteiger partial charge in [-0.15, -0.1) is 12.4 Å². The van der Waals surface area contributed by atoms with Gasteiger partial charge in [-0.25, -0.2) is 0 Å². The summed E-state index contributed by atoms with van der Waals surface area (Å²) < 4.78 is 5.28. The number of amides is 1. The van der Waals surface area contributed by atoms with E-state index in [0.717, 1.165) is 19.5 Å². The lowest BCUT2D eigenvalue weighted by Crippen LogP contribution is -2.32. The molecule has 0 saturated heterocycles. The van der Waals surface area contributed by atoms with Crippen LogP contribution in [-0.4, -0.2) is 37.1 Å². The van der Waals surface area contributed by atoms with E-state index in [1.165, 1.54) is 29.8 Å². The van der Waals surface area contributed by atoms with Crippen LogP contribution in [0.4, 0.5) is 5.69 Å². The fourth-order valence-corrected chi connectivity index (χ4v) is 1.91. The van der Waals surface area contributed by atoms with E-state index in [2.05, 4.69) is 16.7 Å². The van der Waals surface area contributed by atoms with Gasteiger partial charge >= 0.3 is 0 Å². The van der Waals surface area contributed by atoms with E-state index >= 15 is 0 Å². The van der Waals surface area contributed by atoms with E-state index in [9.17, 15) is 14.9 Å². The molecule has 0 bridgehead atoms. The van der Waals surface area contributed by atoms with Crippen LogP contribution >= 0.6 is 12.4 Å². The lowest BCUT2D eigenvalue weighted by Gasteiger charge is -2.14. The van der Waals surface area contributed by atoms with E-state index in [1.807, 2.05) is 0 Å². The van der Waals surface area contributed by atoms with Gasteiger partial charge in [0, 0.05) is 25.2 Å². The highest BCUT2D eigenvalue weighted by Crippen LogP contribution is 2.17.